The molecule has 3 heteroatoms. The van der Waals surface area contributed by atoms with E-state index in [0.717, 1.165) is 5.92 Å². The molecule has 0 aliphatic rings. The second-order valence-corrected chi connectivity index (χ2v) is 5.78. The van der Waals surface area contributed by atoms with Crippen LogP contribution in [0.3, 0.4) is 0 Å². The van der Waals surface area contributed by atoms with Gasteiger partial charge in [-0.2, -0.15) is 0 Å². The highest BCUT2D eigenvalue weighted by atomic mass is 79.9. The average Bonchev–Trinajstić information content (AvgIpc) is 2.51. The van der Waals surface area contributed by atoms with Crippen molar-refractivity contribution in [3.8, 4) is 0 Å². The molecule has 0 spiro atoms. The standard InChI is InChI=1S/C11H18BrNS/c1-8(6-9(2)13-3)7-11-10(12)4-5-14-11/h4-5,8-9,13H,6-7H2,1-3H3. The van der Waals surface area contributed by atoms with Crippen LogP contribution in [0.5, 0.6) is 0 Å². The van der Waals surface area contributed by atoms with E-state index < -0.39 is 0 Å². The van der Waals surface area contributed by atoms with E-state index in [4.69, 9.17) is 0 Å². The zero-order valence-electron chi connectivity index (χ0n) is 9.01. The Labute approximate surface area is 99.0 Å². The first kappa shape index (κ1) is 12.2. The summed E-state index contributed by atoms with van der Waals surface area (Å²) in [6.07, 6.45) is 2.42. The van der Waals surface area contributed by atoms with Gasteiger partial charge in [-0.05, 0) is 60.1 Å². The first-order valence-corrected chi connectivity index (χ1v) is 6.70. The van der Waals surface area contributed by atoms with Crippen LogP contribution >= 0.6 is 27.3 Å². The molecule has 0 aromatic carbocycles. The molecule has 0 radical (unpaired) electrons. The van der Waals surface area contributed by atoms with Crippen LogP contribution in [0.4, 0.5) is 0 Å². The summed E-state index contributed by atoms with van der Waals surface area (Å²) in [6.45, 7) is 4.56. The quantitative estimate of drug-likeness (QED) is 0.865. The fraction of sp³-hybridized carbons (Fsp3) is 0.636. The maximum Gasteiger partial charge on any atom is 0.0314 e. The highest BCUT2D eigenvalue weighted by molar-refractivity contribution is 9.10. The van der Waals surface area contributed by atoms with Gasteiger partial charge in [0.2, 0.25) is 0 Å². The molecule has 80 valence electrons. The van der Waals surface area contributed by atoms with E-state index in [1.165, 1.54) is 22.2 Å². The second-order valence-electron chi connectivity index (χ2n) is 3.93. The van der Waals surface area contributed by atoms with Gasteiger partial charge in [-0.1, -0.05) is 6.92 Å². The molecule has 1 N–H and O–H groups in total. The van der Waals surface area contributed by atoms with E-state index in [2.05, 4.69) is 46.5 Å². The highest BCUT2D eigenvalue weighted by Crippen LogP contribution is 2.26. The van der Waals surface area contributed by atoms with Crippen molar-refractivity contribution in [1.29, 1.82) is 0 Å². The minimum atomic E-state index is 0.615. The largest absolute Gasteiger partial charge is 0.317 e. The van der Waals surface area contributed by atoms with Gasteiger partial charge < -0.3 is 5.32 Å². The predicted octanol–water partition coefficient (Wildman–Crippen LogP) is 3.69. The summed E-state index contributed by atoms with van der Waals surface area (Å²) in [7, 11) is 2.03. The predicted molar refractivity (Wildman–Crippen MR) is 68.0 cm³/mol. The van der Waals surface area contributed by atoms with E-state index in [1.807, 2.05) is 18.4 Å². The van der Waals surface area contributed by atoms with Gasteiger partial charge in [0, 0.05) is 15.4 Å². The smallest absolute Gasteiger partial charge is 0.0314 e. The summed E-state index contributed by atoms with van der Waals surface area (Å²) < 4.78 is 1.27. The Hall–Kier alpha value is 0.140. The van der Waals surface area contributed by atoms with Gasteiger partial charge in [0.15, 0.2) is 0 Å². The number of halogens is 1. The van der Waals surface area contributed by atoms with Gasteiger partial charge in [-0.15, -0.1) is 11.3 Å². The third kappa shape index (κ3) is 3.71. The molecule has 1 aromatic rings. The maximum atomic E-state index is 3.57. The summed E-state index contributed by atoms with van der Waals surface area (Å²) in [6, 6.07) is 2.75. The van der Waals surface area contributed by atoms with Crippen molar-refractivity contribution in [3.63, 3.8) is 0 Å². The SMILES string of the molecule is CNC(C)CC(C)Cc1sccc1Br. The van der Waals surface area contributed by atoms with Crippen LogP contribution in [0, 0.1) is 5.92 Å². The molecule has 0 saturated heterocycles. The van der Waals surface area contributed by atoms with Gasteiger partial charge in [0.05, 0.1) is 0 Å². The summed E-state index contributed by atoms with van der Waals surface area (Å²) in [5, 5.41) is 5.43. The van der Waals surface area contributed by atoms with Crippen molar-refractivity contribution in [2.24, 2.45) is 5.92 Å². The minimum Gasteiger partial charge on any atom is -0.317 e. The Balaban J connectivity index is 2.41. The number of nitrogens with one attached hydrogen (secondary N) is 1. The first-order chi connectivity index (χ1) is 6.63. The van der Waals surface area contributed by atoms with Gasteiger partial charge >= 0.3 is 0 Å². The monoisotopic (exact) mass is 275 g/mol. The topological polar surface area (TPSA) is 12.0 Å². The Morgan fingerprint density at radius 1 is 1.50 bits per heavy atom. The minimum absolute atomic E-state index is 0.615. The molecule has 14 heavy (non-hydrogen) atoms. The molecule has 2 atom stereocenters. The van der Waals surface area contributed by atoms with Gasteiger partial charge in [-0.25, -0.2) is 0 Å². The van der Waals surface area contributed by atoms with Crippen molar-refractivity contribution in [1.82, 2.24) is 5.32 Å². The van der Waals surface area contributed by atoms with Gasteiger partial charge in [0.25, 0.3) is 0 Å². The fourth-order valence-electron chi connectivity index (χ4n) is 1.59. The van der Waals surface area contributed by atoms with Crippen molar-refractivity contribution in [2.75, 3.05) is 7.05 Å². The van der Waals surface area contributed by atoms with Crippen LogP contribution in [0.2, 0.25) is 0 Å². The summed E-state index contributed by atoms with van der Waals surface area (Å²) in [5.41, 5.74) is 0. The number of hydrogen-bond donors (Lipinski definition) is 1. The third-order valence-electron chi connectivity index (χ3n) is 2.47. The zero-order chi connectivity index (χ0) is 10.6. The molecule has 0 aliphatic carbocycles. The van der Waals surface area contributed by atoms with Crippen LogP contribution in [0.25, 0.3) is 0 Å². The molecule has 0 fully saturated rings. The third-order valence-corrected chi connectivity index (χ3v) is 4.42. The molecule has 2 unspecified atom stereocenters. The van der Waals surface area contributed by atoms with Gasteiger partial charge in [0.1, 0.15) is 0 Å². The number of hydrogen-bond acceptors (Lipinski definition) is 2. The van der Waals surface area contributed by atoms with Crippen LogP contribution in [0.15, 0.2) is 15.9 Å². The molecular formula is C11H18BrNS. The van der Waals surface area contributed by atoms with E-state index in [9.17, 15) is 0 Å². The van der Waals surface area contributed by atoms with Gasteiger partial charge in [-0.3, -0.25) is 0 Å². The Kier molecular flexibility index (Phi) is 5.13. The zero-order valence-corrected chi connectivity index (χ0v) is 11.4. The second kappa shape index (κ2) is 5.89. The molecule has 1 nitrogen and oxygen atoms in total. The highest BCUT2D eigenvalue weighted by Gasteiger charge is 2.10. The lowest BCUT2D eigenvalue weighted by Gasteiger charge is -2.16. The van der Waals surface area contributed by atoms with E-state index >= 15 is 0 Å². The summed E-state index contributed by atoms with van der Waals surface area (Å²) >= 11 is 5.42. The fourth-order valence-corrected chi connectivity index (χ4v) is 3.27. The lowest BCUT2D eigenvalue weighted by Crippen LogP contribution is -2.24. The van der Waals surface area contributed by atoms with Crippen LogP contribution in [-0.2, 0) is 6.42 Å². The number of rotatable bonds is 5. The van der Waals surface area contributed by atoms with Crippen molar-refractivity contribution >= 4 is 27.3 Å². The summed E-state index contributed by atoms with van der Waals surface area (Å²) in [5.74, 6) is 0.743. The molecule has 0 amide bonds. The summed E-state index contributed by atoms with van der Waals surface area (Å²) in [4.78, 5) is 1.47. The normalized spacial score (nSPS) is 15.4. The van der Waals surface area contributed by atoms with E-state index in [1.54, 1.807) is 0 Å². The number of thiophene rings is 1. The molecule has 0 bridgehead atoms. The first-order valence-electron chi connectivity index (χ1n) is 5.02. The van der Waals surface area contributed by atoms with Crippen LogP contribution in [0.1, 0.15) is 25.1 Å². The Morgan fingerprint density at radius 3 is 2.71 bits per heavy atom. The molecular weight excluding hydrogens is 258 g/mol. The maximum absolute atomic E-state index is 3.57. The molecule has 1 heterocycles. The van der Waals surface area contributed by atoms with E-state index in [0.29, 0.717) is 6.04 Å². The Morgan fingerprint density at radius 2 is 2.21 bits per heavy atom. The van der Waals surface area contributed by atoms with Crippen LogP contribution in [-0.4, -0.2) is 13.1 Å². The molecule has 1 aromatic heterocycles. The Bertz CT molecular complexity index is 272. The molecule has 0 aliphatic heterocycles. The average molecular weight is 276 g/mol. The molecule has 1 rings (SSSR count). The lowest BCUT2D eigenvalue weighted by molar-refractivity contribution is 0.442. The molecule has 0 saturated carbocycles. The van der Waals surface area contributed by atoms with Crippen molar-refractivity contribution in [2.45, 2.75) is 32.7 Å². The van der Waals surface area contributed by atoms with Crippen LogP contribution < -0.4 is 5.32 Å². The van der Waals surface area contributed by atoms with E-state index in [-0.39, 0.29) is 0 Å². The lowest BCUT2D eigenvalue weighted by atomic mass is 9.99. The van der Waals surface area contributed by atoms with Crippen molar-refractivity contribution < 1.29 is 0 Å². The van der Waals surface area contributed by atoms with Crippen molar-refractivity contribution in [3.05, 3.63) is 20.8 Å².